The average Bonchev–Trinajstić information content (AvgIpc) is 3.10. The molecule has 1 saturated carbocycles. The summed E-state index contributed by atoms with van der Waals surface area (Å²) in [4.78, 5) is 10.7. The van der Waals surface area contributed by atoms with Crippen molar-refractivity contribution in [3.8, 4) is 0 Å². The number of nitrogens with zero attached hydrogens (tertiary/aromatic N) is 1. The number of fused-ring (bicyclic) bond motifs is 1. The molecule has 0 N–H and O–H groups in total. The highest BCUT2D eigenvalue weighted by Gasteiger charge is 2.72. The molecule has 0 amide bonds. The Hall–Kier alpha value is -1.50. The monoisotopic (exact) mass is 279 g/mol. The molecule has 108 valence electrons. The maximum absolute atomic E-state index is 10.9. The molecule has 6 nitrogen and oxygen atoms in total. The molecule has 1 aromatic rings. The molecule has 3 rings (SSSR count). The maximum Gasteiger partial charge on any atom is 0.227 e. The molecular formula is C14H17NO5. The van der Waals surface area contributed by atoms with Crippen molar-refractivity contribution in [3.05, 3.63) is 46.0 Å². The molecule has 5 atom stereocenters. The van der Waals surface area contributed by atoms with Crippen LogP contribution in [0.3, 0.4) is 0 Å². The van der Waals surface area contributed by atoms with Crippen molar-refractivity contribution in [2.45, 2.75) is 25.0 Å². The molecule has 2 fully saturated rings. The van der Waals surface area contributed by atoms with E-state index >= 15 is 0 Å². The van der Waals surface area contributed by atoms with Gasteiger partial charge in [0.15, 0.2) is 6.29 Å². The molecular weight excluding hydrogens is 262 g/mol. The highest BCUT2D eigenvalue weighted by atomic mass is 16.7. The Morgan fingerprint density at radius 3 is 2.70 bits per heavy atom. The third-order valence-corrected chi connectivity index (χ3v) is 4.01. The van der Waals surface area contributed by atoms with Crippen LogP contribution in [0.4, 0.5) is 0 Å². The van der Waals surface area contributed by atoms with Gasteiger partial charge in [-0.15, -0.1) is 0 Å². The van der Waals surface area contributed by atoms with Crippen LogP contribution in [0.25, 0.3) is 0 Å². The molecule has 0 radical (unpaired) electrons. The molecule has 6 heteroatoms. The van der Waals surface area contributed by atoms with Crippen molar-refractivity contribution in [2.75, 3.05) is 13.7 Å². The zero-order valence-electron chi connectivity index (χ0n) is 11.2. The van der Waals surface area contributed by atoms with E-state index in [2.05, 4.69) is 0 Å². The Morgan fingerprint density at radius 2 is 2.05 bits per heavy atom. The predicted molar refractivity (Wildman–Crippen MR) is 69.5 cm³/mol. The van der Waals surface area contributed by atoms with Crippen molar-refractivity contribution in [3.63, 3.8) is 0 Å². The molecule has 20 heavy (non-hydrogen) atoms. The van der Waals surface area contributed by atoms with Crippen LogP contribution in [0.5, 0.6) is 0 Å². The molecule has 1 aliphatic carbocycles. The van der Waals surface area contributed by atoms with Gasteiger partial charge in [-0.3, -0.25) is 10.1 Å². The van der Waals surface area contributed by atoms with Gasteiger partial charge in [0.25, 0.3) is 0 Å². The second-order valence-electron chi connectivity index (χ2n) is 5.21. The normalized spacial score (nSPS) is 34.8. The van der Waals surface area contributed by atoms with E-state index in [9.17, 15) is 10.1 Å². The third-order valence-electron chi connectivity index (χ3n) is 4.01. The highest BCUT2D eigenvalue weighted by Crippen LogP contribution is 2.54. The van der Waals surface area contributed by atoms with Crippen molar-refractivity contribution < 1.29 is 19.1 Å². The van der Waals surface area contributed by atoms with Crippen LogP contribution in [0.2, 0.25) is 0 Å². The van der Waals surface area contributed by atoms with E-state index in [1.54, 1.807) is 0 Å². The fourth-order valence-corrected chi connectivity index (χ4v) is 3.02. The van der Waals surface area contributed by atoms with Gasteiger partial charge in [-0.05, 0) is 5.56 Å². The Kier molecular flexibility index (Phi) is 3.69. The summed E-state index contributed by atoms with van der Waals surface area (Å²) in [6.45, 7) is 0.846. The average molecular weight is 279 g/mol. The van der Waals surface area contributed by atoms with E-state index in [1.807, 2.05) is 30.3 Å². The summed E-state index contributed by atoms with van der Waals surface area (Å²) < 4.78 is 16.4. The number of hydrogen-bond acceptors (Lipinski definition) is 5. The lowest BCUT2D eigenvalue weighted by molar-refractivity contribution is -0.508. The van der Waals surface area contributed by atoms with Crippen molar-refractivity contribution in [2.24, 2.45) is 11.8 Å². The minimum atomic E-state index is -0.543. The molecule has 0 spiro atoms. The third kappa shape index (κ3) is 2.42. The Labute approximate surface area is 116 Å². The van der Waals surface area contributed by atoms with Gasteiger partial charge in [0.05, 0.1) is 31.2 Å². The minimum Gasteiger partial charge on any atom is -0.374 e. The van der Waals surface area contributed by atoms with E-state index in [0.717, 1.165) is 5.56 Å². The second kappa shape index (κ2) is 5.47. The minimum absolute atomic E-state index is 0.0780. The van der Waals surface area contributed by atoms with Crippen LogP contribution < -0.4 is 0 Å². The maximum atomic E-state index is 10.9. The van der Waals surface area contributed by atoms with Crippen LogP contribution in [0.1, 0.15) is 5.56 Å². The summed E-state index contributed by atoms with van der Waals surface area (Å²) in [7, 11) is 1.52. The Bertz CT molecular complexity index is 480. The summed E-state index contributed by atoms with van der Waals surface area (Å²) in [6.07, 6.45) is -0.718. The summed E-state index contributed by atoms with van der Waals surface area (Å²) in [5, 5.41) is 10.9. The summed E-state index contributed by atoms with van der Waals surface area (Å²) in [5.74, 6) is -0.203. The van der Waals surface area contributed by atoms with Crippen LogP contribution in [-0.4, -0.2) is 37.1 Å². The van der Waals surface area contributed by atoms with Gasteiger partial charge in [-0.2, -0.15) is 0 Å². The molecule has 2 aliphatic rings. The molecule has 1 heterocycles. The number of hydrogen-bond donors (Lipinski definition) is 0. The lowest BCUT2D eigenvalue weighted by atomic mass is 10.2. The molecule has 1 aromatic carbocycles. The number of ether oxygens (including phenoxy) is 3. The number of benzene rings is 1. The second-order valence-corrected chi connectivity index (χ2v) is 5.21. The number of rotatable bonds is 6. The van der Waals surface area contributed by atoms with Gasteiger partial charge in [-0.25, -0.2) is 0 Å². The topological polar surface area (TPSA) is 70.8 Å². The van der Waals surface area contributed by atoms with Crippen LogP contribution in [0, 0.1) is 22.0 Å². The standard InChI is InChI=1S/C14H17NO5/c1-18-14-12-11(13(12)15(16)17)10(20-14)8-19-7-9-5-3-2-4-6-9/h2-6,10-14H,7-8H2,1H3/t10-,11-,12+,13+,14+/m1/s1. The summed E-state index contributed by atoms with van der Waals surface area (Å²) in [5.41, 5.74) is 1.08. The Morgan fingerprint density at radius 1 is 1.30 bits per heavy atom. The zero-order valence-corrected chi connectivity index (χ0v) is 11.2. The van der Waals surface area contributed by atoms with E-state index in [0.29, 0.717) is 13.2 Å². The van der Waals surface area contributed by atoms with Crippen LogP contribution in [-0.2, 0) is 20.8 Å². The lowest BCUT2D eigenvalue weighted by Gasteiger charge is -2.17. The van der Waals surface area contributed by atoms with Crippen molar-refractivity contribution in [1.82, 2.24) is 0 Å². The first-order valence-corrected chi connectivity index (χ1v) is 6.66. The van der Waals surface area contributed by atoms with Gasteiger partial charge in [0, 0.05) is 12.0 Å². The SMILES string of the molecule is CO[C@H]1O[C@H](COCc2ccccc2)[C@@H]2[C@H]1[C@H]2[N+](=O)[O-]. The van der Waals surface area contributed by atoms with Gasteiger partial charge in [-0.1, -0.05) is 30.3 Å². The Balaban J connectivity index is 1.52. The number of nitro groups is 1. The zero-order chi connectivity index (χ0) is 14.1. The van der Waals surface area contributed by atoms with Gasteiger partial charge in [0.2, 0.25) is 6.04 Å². The summed E-state index contributed by atoms with van der Waals surface area (Å²) in [6, 6.07) is 9.26. The van der Waals surface area contributed by atoms with Gasteiger partial charge >= 0.3 is 0 Å². The van der Waals surface area contributed by atoms with E-state index in [4.69, 9.17) is 14.2 Å². The number of methoxy groups -OCH3 is 1. The van der Waals surface area contributed by atoms with E-state index < -0.39 is 12.3 Å². The van der Waals surface area contributed by atoms with Crippen LogP contribution in [0.15, 0.2) is 30.3 Å². The molecule has 1 saturated heterocycles. The fourth-order valence-electron chi connectivity index (χ4n) is 3.02. The molecule has 0 aromatic heterocycles. The van der Waals surface area contributed by atoms with Gasteiger partial charge in [0.1, 0.15) is 0 Å². The predicted octanol–water partition coefficient (Wildman–Crippen LogP) is 1.47. The first-order chi connectivity index (χ1) is 9.72. The van der Waals surface area contributed by atoms with Gasteiger partial charge < -0.3 is 14.2 Å². The summed E-state index contributed by atoms with van der Waals surface area (Å²) >= 11 is 0. The molecule has 1 aliphatic heterocycles. The van der Waals surface area contributed by atoms with E-state index in [-0.39, 0.29) is 22.9 Å². The first kappa shape index (κ1) is 13.5. The fraction of sp³-hybridized carbons (Fsp3) is 0.571. The van der Waals surface area contributed by atoms with E-state index in [1.165, 1.54) is 7.11 Å². The van der Waals surface area contributed by atoms with Crippen molar-refractivity contribution in [1.29, 1.82) is 0 Å². The smallest absolute Gasteiger partial charge is 0.227 e. The largest absolute Gasteiger partial charge is 0.374 e. The molecule has 0 unspecified atom stereocenters. The highest BCUT2D eigenvalue weighted by molar-refractivity contribution is 5.13. The van der Waals surface area contributed by atoms with Crippen LogP contribution >= 0.6 is 0 Å². The van der Waals surface area contributed by atoms with Crippen molar-refractivity contribution >= 4 is 0 Å². The first-order valence-electron chi connectivity index (χ1n) is 6.66. The molecule has 0 bridgehead atoms. The lowest BCUT2D eigenvalue weighted by Crippen LogP contribution is -2.29. The quantitative estimate of drug-likeness (QED) is 0.582.